The Morgan fingerprint density at radius 2 is 2.27 bits per heavy atom. The molecule has 0 saturated carbocycles. The molecule has 3 heteroatoms. The maximum atomic E-state index is 5.46. The zero-order valence-corrected chi connectivity index (χ0v) is 9.20. The predicted molar refractivity (Wildman–Crippen MR) is 58.6 cm³/mol. The minimum absolute atomic E-state index is 0.486. The number of nitrogens with zero attached hydrogens (tertiary/aromatic N) is 1. The third-order valence-corrected chi connectivity index (χ3v) is 3.95. The Hall–Kier alpha value is -0.800. The number of hydrogen-bond donors (Lipinski definition) is 1. The largest absolute Gasteiger partial charge is 0.381 e. The second-order valence-electron chi connectivity index (χ2n) is 4.90. The minimum atomic E-state index is 0.486. The normalized spacial score (nSPS) is 29.0. The van der Waals surface area contributed by atoms with Crippen LogP contribution >= 0.6 is 0 Å². The van der Waals surface area contributed by atoms with Gasteiger partial charge in [0, 0.05) is 50.7 Å². The molecule has 0 amide bonds. The fourth-order valence-corrected chi connectivity index (χ4v) is 2.90. The van der Waals surface area contributed by atoms with E-state index in [1.807, 2.05) is 0 Å². The highest BCUT2D eigenvalue weighted by Crippen LogP contribution is 2.48. The molecule has 2 aliphatic rings. The maximum absolute atomic E-state index is 5.46. The lowest BCUT2D eigenvalue weighted by Crippen LogP contribution is -2.58. The van der Waals surface area contributed by atoms with Crippen molar-refractivity contribution in [3.05, 3.63) is 24.0 Å². The Labute approximate surface area is 90.4 Å². The van der Waals surface area contributed by atoms with Crippen molar-refractivity contribution in [3.8, 4) is 0 Å². The second-order valence-corrected chi connectivity index (χ2v) is 4.90. The molecule has 1 aromatic rings. The van der Waals surface area contributed by atoms with E-state index in [1.54, 1.807) is 0 Å². The highest BCUT2D eigenvalue weighted by Gasteiger charge is 2.47. The molecule has 1 N–H and O–H groups in total. The fraction of sp³-hybridized carbons (Fsp3) is 0.667. The first-order valence-corrected chi connectivity index (χ1v) is 5.73. The summed E-state index contributed by atoms with van der Waals surface area (Å²) in [5.41, 5.74) is 1.92. The number of aryl methyl sites for hydroxylation is 1. The lowest BCUT2D eigenvalue weighted by molar-refractivity contribution is -0.0479. The molecule has 1 aromatic heterocycles. The van der Waals surface area contributed by atoms with Crippen LogP contribution in [0.4, 0.5) is 0 Å². The van der Waals surface area contributed by atoms with Crippen molar-refractivity contribution in [1.29, 1.82) is 0 Å². The lowest BCUT2D eigenvalue weighted by Gasteiger charge is -2.52. The van der Waals surface area contributed by atoms with Crippen molar-refractivity contribution < 1.29 is 4.74 Å². The highest BCUT2D eigenvalue weighted by molar-refractivity contribution is 5.23. The van der Waals surface area contributed by atoms with Gasteiger partial charge in [-0.1, -0.05) is 0 Å². The number of aromatic nitrogens is 1. The van der Waals surface area contributed by atoms with Crippen LogP contribution in [0.3, 0.4) is 0 Å². The van der Waals surface area contributed by atoms with Gasteiger partial charge >= 0.3 is 0 Å². The van der Waals surface area contributed by atoms with Gasteiger partial charge in [-0.05, 0) is 24.5 Å². The maximum Gasteiger partial charge on any atom is 0.0472 e. The minimum Gasteiger partial charge on any atom is -0.381 e. The SMILES string of the molecule is Cn1ccc([C@H]2NCC23CCOCC3)c1. The van der Waals surface area contributed by atoms with Gasteiger partial charge in [0.05, 0.1) is 0 Å². The number of ether oxygens (including phenoxy) is 1. The molecular weight excluding hydrogens is 188 g/mol. The van der Waals surface area contributed by atoms with Gasteiger partial charge in [-0.2, -0.15) is 0 Å². The highest BCUT2D eigenvalue weighted by atomic mass is 16.5. The molecule has 0 aromatic carbocycles. The van der Waals surface area contributed by atoms with E-state index in [2.05, 4.69) is 35.4 Å². The Balaban J connectivity index is 1.82. The Morgan fingerprint density at radius 1 is 1.47 bits per heavy atom. The van der Waals surface area contributed by atoms with Crippen LogP contribution in [0.2, 0.25) is 0 Å². The topological polar surface area (TPSA) is 26.2 Å². The van der Waals surface area contributed by atoms with E-state index in [4.69, 9.17) is 4.74 Å². The zero-order chi connectivity index (χ0) is 10.3. The molecule has 3 nitrogen and oxygen atoms in total. The Kier molecular flexibility index (Phi) is 2.11. The average molecular weight is 206 g/mol. The Morgan fingerprint density at radius 3 is 2.80 bits per heavy atom. The van der Waals surface area contributed by atoms with Crippen molar-refractivity contribution >= 4 is 0 Å². The van der Waals surface area contributed by atoms with E-state index in [-0.39, 0.29) is 0 Å². The summed E-state index contributed by atoms with van der Waals surface area (Å²) < 4.78 is 7.58. The van der Waals surface area contributed by atoms with Crippen LogP contribution < -0.4 is 5.32 Å². The standard InChI is InChI=1S/C12H18N2O/c1-14-5-2-10(8-14)11-12(9-13-11)3-6-15-7-4-12/h2,5,8,11,13H,3-4,6-7,9H2,1H3/t11-/m1/s1. The van der Waals surface area contributed by atoms with Gasteiger partial charge in [0.15, 0.2) is 0 Å². The molecule has 3 rings (SSSR count). The number of nitrogens with one attached hydrogen (secondary N) is 1. The number of hydrogen-bond acceptors (Lipinski definition) is 2. The summed E-state index contributed by atoms with van der Waals surface area (Å²) >= 11 is 0. The van der Waals surface area contributed by atoms with E-state index in [0.29, 0.717) is 11.5 Å². The van der Waals surface area contributed by atoms with Crippen molar-refractivity contribution in [2.45, 2.75) is 18.9 Å². The summed E-state index contributed by atoms with van der Waals surface area (Å²) in [5, 5.41) is 3.57. The molecule has 0 unspecified atom stereocenters. The van der Waals surface area contributed by atoms with Crippen LogP contribution in [0.5, 0.6) is 0 Å². The smallest absolute Gasteiger partial charge is 0.0472 e. The summed E-state index contributed by atoms with van der Waals surface area (Å²) in [6, 6.07) is 2.79. The zero-order valence-electron chi connectivity index (χ0n) is 9.20. The van der Waals surface area contributed by atoms with Gasteiger partial charge in [0.2, 0.25) is 0 Å². The first kappa shape index (κ1) is 9.43. The summed E-state index contributed by atoms with van der Waals surface area (Å²) in [4.78, 5) is 0. The van der Waals surface area contributed by atoms with Gasteiger partial charge in [-0.3, -0.25) is 0 Å². The molecule has 2 fully saturated rings. The number of rotatable bonds is 1. The van der Waals surface area contributed by atoms with Crippen molar-refractivity contribution in [3.63, 3.8) is 0 Å². The third kappa shape index (κ3) is 1.42. The first-order valence-electron chi connectivity index (χ1n) is 5.73. The van der Waals surface area contributed by atoms with E-state index < -0.39 is 0 Å². The average Bonchev–Trinajstić information content (AvgIpc) is 2.64. The molecule has 1 spiro atoms. The molecule has 15 heavy (non-hydrogen) atoms. The van der Waals surface area contributed by atoms with Crippen LogP contribution in [-0.2, 0) is 11.8 Å². The summed E-state index contributed by atoms with van der Waals surface area (Å²) in [6.45, 7) is 3.03. The van der Waals surface area contributed by atoms with Crippen LogP contribution in [0.1, 0.15) is 24.4 Å². The van der Waals surface area contributed by atoms with Crippen LogP contribution in [0, 0.1) is 5.41 Å². The molecule has 0 radical (unpaired) electrons. The monoisotopic (exact) mass is 206 g/mol. The molecule has 2 saturated heterocycles. The molecule has 82 valence electrons. The fourth-order valence-electron chi connectivity index (χ4n) is 2.90. The van der Waals surface area contributed by atoms with Crippen molar-refractivity contribution in [2.75, 3.05) is 19.8 Å². The van der Waals surface area contributed by atoms with E-state index in [0.717, 1.165) is 19.8 Å². The summed E-state index contributed by atoms with van der Waals surface area (Å²) in [6.07, 6.45) is 6.77. The molecule has 3 heterocycles. The van der Waals surface area contributed by atoms with Gasteiger partial charge in [-0.15, -0.1) is 0 Å². The molecular formula is C12H18N2O. The summed E-state index contributed by atoms with van der Waals surface area (Å²) in [7, 11) is 2.08. The Bertz CT molecular complexity index is 352. The molecule has 0 bridgehead atoms. The molecule has 1 atom stereocenters. The summed E-state index contributed by atoms with van der Waals surface area (Å²) in [5.74, 6) is 0. The quantitative estimate of drug-likeness (QED) is 0.753. The van der Waals surface area contributed by atoms with E-state index >= 15 is 0 Å². The third-order valence-electron chi connectivity index (χ3n) is 3.95. The van der Waals surface area contributed by atoms with Gasteiger partial charge in [0.25, 0.3) is 0 Å². The molecule has 2 aliphatic heterocycles. The lowest BCUT2D eigenvalue weighted by atomic mass is 9.66. The van der Waals surface area contributed by atoms with Crippen LogP contribution in [-0.4, -0.2) is 24.3 Å². The van der Waals surface area contributed by atoms with Crippen LogP contribution in [0.15, 0.2) is 18.5 Å². The predicted octanol–water partition coefficient (Wildman–Crippen LogP) is 1.47. The van der Waals surface area contributed by atoms with Gasteiger partial charge in [0.1, 0.15) is 0 Å². The van der Waals surface area contributed by atoms with Gasteiger partial charge in [-0.25, -0.2) is 0 Å². The first-order chi connectivity index (χ1) is 7.30. The van der Waals surface area contributed by atoms with E-state index in [9.17, 15) is 0 Å². The second kappa shape index (κ2) is 3.35. The van der Waals surface area contributed by atoms with Gasteiger partial charge < -0.3 is 14.6 Å². The van der Waals surface area contributed by atoms with Crippen molar-refractivity contribution in [1.82, 2.24) is 9.88 Å². The van der Waals surface area contributed by atoms with Crippen molar-refractivity contribution in [2.24, 2.45) is 12.5 Å². The molecule has 0 aliphatic carbocycles. The van der Waals surface area contributed by atoms with E-state index in [1.165, 1.54) is 18.4 Å². The van der Waals surface area contributed by atoms with Crippen LogP contribution in [0.25, 0.3) is 0 Å².